The van der Waals surface area contributed by atoms with Crippen molar-refractivity contribution in [3.8, 4) is 0 Å². The van der Waals surface area contributed by atoms with Crippen LogP contribution in [0.2, 0.25) is 0 Å². The third-order valence-electron chi connectivity index (χ3n) is 5.06. The number of rotatable bonds is 7. The van der Waals surface area contributed by atoms with E-state index in [4.69, 9.17) is 0 Å². The van der Waals surface area contributed by atoms with Crippen LogP contribution in [-0.4, -0.2) is 21.6 Å². The molecule has 1 N–H and O–H groups in total. The summed E-state index contributed by atoms with van der Waals surface area (Å²) in [5, 5.41) is 3.38. The second-order valence-electron chi connectivity index (χ2n) is 6.76. The molecule has 0 unspecified atom stereocenters. The molecule has 0 saturated heterocycles. The minimum absolute atomic E-state index is 0.120. The second-order valence-corrected chi connectivity index (χ2v) is 6.76. The number of hydrogen-bond donors (Lipinski definition) is 1. The predicted octanol–water partition coefficient (Wildman–Crippen LogP) is 2.49. The van der Waals surface area contributed by atoms with Gasteiger partial charge in [0.1, 0.15) is 6.54 Å². The molecule has 3 aromatic rings. The van der Waals surface area contributed by atoms with Crippen molar-refractivity contribution in [2.24, 2.45) is 0 Å². The molecular formula is C22H25N3O3. The van der Waals surface area contributed by atoms with E-state index in [2.05, 4.69) is 24.4 Å². The number of aromatic nitrogens is 2. The van der Waals surface area contributed by atoms with E-state index >= 15 is 0 Å². The molecule has 28 heavy (non-hydrogen) atoms. The molecule has 0 aliphatic carbocycles. The van der Waals surface area contributed by atoms with Gasteiger partial charge in [-0.15, -0.1) is 0 Å². The molecule has 6 heteroatoms. The summed E-state index contributed by atoms with van der Waals surface area (Å²) in [5.74, 6) is -0.0360. The molecule has 1 atom stereocenters. The third kappa shape index (κ3) is 3.91. The average Bonchev–Trinajstić information content (AvgIpc) is 2.73. The maximum Gasteiger partial charge on any atom is 0.331 e. The standard InChI is InChI=1S/C22H25N3O3/c1-3-16(17-10-6-5-7-11-17)14-23-20(26)15-25-19-13-9-8-12-18(19)21(27)24(4-2)22(25)28/h5-13,16H,3-4,14-15H2,1-2H3,(H,23,26)/t16-/m1/s1. The number of para-hydroxylation sites is 1. The van der Waals surface area contributed by atoms with Crippen LogP contribution in [0, 0.1) is 0 Å². The van der Waals surface area contributed by atoms with Crippen LogP contribution < -0.4 is 16.6 Å². The molecule has 0 aliphatic heterocycles. The first kappa shape index (κ1) is 19.6. The molecule has 146 valence electrons. The number of nitrogens with one attached hydrogen (secondary N) is 1. The lowest BCUT2D eigenvalue weighted by molar-refractivity contribution is -0.121. The van der Waals surface area contributed by atoms with E-state index in [0.717, 1.165) is 11.0 Å². The van der Waals surface area contributed by atoms with Gasteiger partial charge in [0.2, 0.25) is 5.91 Å². The van der Waals surface area contributed by atoms with Crippen molar-refractivity contribution in [3.63, 3.8) is 0 Å². The highest BCUT2D eigenvalue weighted by Gasteiger charge is 2.15. The molecule has 0 fully saturated rings. The Bertz CT molecular complexity index is 1080. The second kappa shape index (κ2) is 8.69. The lowest BCUT2D eigenvalue weighted by atomic mass is 9.96. The lowest BCUT2D eigenvalue weighted by Crippen LogP contribution is -2.42. The molecule has 0 spiro atoms. The Balaban J connectivity index is 1.84. The summed E-state index contributed by atoms with van der Waals surface area (Å²) in [5.41, 5.74) is 0.867. The minimum Gasteiger partial charge on any atom is -0.354 e. The highest BCUT2D eigenvalue weighted by Crippen LogP contribution is 2.18. The van der Waals surface area contributed by atoms with Crippen molar-refractivity contribution < 1.29 is 4.79 Å². The largest absolute Gasteiger partial charge is 0.354 e. The molecule has 0 saturated carbocycles. The fraction of sp³-hybridized carbons (Fsp3) is 0.318. The van der Waals surface area contributed by atoms with Gasteiger partial charge < -0.3 is 5.32 Å². The zero-order chi connectivity index (χ0) is 20.1. The van der Waals surface area contributed by atoms with Gasteiger partial charge >= 0.3 is 5.69 Å². The van der Waals surface area contributed by atoms with Crippen LogP contribution in [0.3, 0.4) is 0 Å². The minimum atomic E-state index is -0.462. The average molecular weight is 379 g/mol. The number of nitrogens with zero attached hydrogens (tertiary/aromatic N) is 2. The monoisotopic (exact) mass is 379 g/mol. The molecular weight excluding hydrogens is 354 g/mol. The number of hydrogen-bond acceptors (Lipinski definition) is 3. The first-order chi connectivity index (χ1) is 13.6. The fourth-order valence-corrected chi connectivity index (χ4v) is 3.46. The van der Waals surface area contributed by atoms with Gasteiger partial charge in [-0.3, -0.25) is 18.7 Å². The molecule has 0 radical (unpaired) electrons. The van der Waals surface area contributed by atoms with E-state index in [0.29, 0.717) is 17.4 Å². The van der Waals surface area contributed by atoms with Crippen molar-refractivity contribution in [1.82, 2.24) is 14.5 Å². The van der Waals surface area contributed by atoms with E-state index < -0.39 is 5.69 Å². The Kier molecular flexibility index (Phi) is 6.09. The van der Waals surface area contributed by atoms with Gasteiger partial charge in [0.25, 0.3) is 5.56 Å². The van der Waals surface area contributed by atoms with Crippen molar-refractivity contribution in [2.45, 2.75) is 39.3 Å². The van der Waals surface area contributed by atoms with E-state index in [9.17, 15) is 14.4 Å². The Hall–Kier alpha value is -3.15. The van der Waals surface area contributed by atoms with Gasteiger partial charge in [-0.2, -0.15) is 0 Å². The number of carbonyl (C=O) groups is 1. The first-order valence-corrected chi connectivity index (χ1v) is 9.60. The van der Waals surface area contributed by atoms with Gasteiger partial charge in [-0.1, -0.05) is 49.4 Å². The molecule has 3 rings (SSSR count). The summed E-state index contributed by atoms with van der Waals surface area (Å²) in [6.07, 6.45) is 0.897. The molecule has 0 bridgehead atoms. The van der Waals surface area contributed by atoms with Crippen molar-refractivity contribution >= 4 is 16.8 Å². The summed E-state index contributed by atoms with van der Waals surface area (Å²) in [6.45, 7) is 4.47. The van der Waals surface area contributed by atoms with Crippen LogP contribution in [0.5, 0.6) is 0 Å². The highest BCUT2D eigenvalue weighted by molar-refractivity contribution is 5.81. The number of benzene rings is 2. The highest BCUT2D eigenvalue weighted by atomic mass is 16.2. The molecule has 6 nitrogen and oxygen atoms in total. The zero-order valence-electron chi connectivity index (χ0n) is 16.2. The van der Waals surface area contributed by atoms with Crippen LogP contribution in [0.15, 0.2) is 64.2 Å². The normalized spacial score (nSPS) is 12.1. The predicted molar refractivity (Wildman–Crippen MR) is 111 cm³/mol. The number of carbonyl (C=O) groups excluding carboxylic acids is 1. The van der Waals surface area contributed by atoms with Crippen LogP contribution >= 0.6 is 0 Å². The van der Waals surface area contributed by atoms with Crippen LogP contribution in [-0.2, 0) is 17.9 Å². The fourth-order valence-electron chi connectivity index (χ4n) is 3.46. The maximum absolute atomic E-state index is 12.7. The maximum atomic E-state index is 12.7. The summed E-state index contributed by atoms with van der Waals surface area (Å²) in [6, 6.07) is 16.9. The van der Waals surface area contributed by atoms with E-state index in [1.54, 1.807) is 31.2 Å². The first-order valence-electron chi connectivity index (χ1n) is 9.60. The van der Waals surface area contributed by atoms with Gasteiger partial charge in [0.05, 0.1) is 10.9 Å². The Morgan fingerprint density at radius 2 is 1.64 bits per heavy atom. The quantitative estimate of drug-likeness (QED) is 0.685. The summed E-state index contributed by atoms with van der Waals surface area (Å²) >= 11 is 0. The van der Waals surface area contributed by atoms with Crippen molar-refractivity contribution in [1.29, 1.82) is 0 Å². The Morgan fingerprint density at radius 3 is 2.32 bits per heavy atom. The van der Waals surface area contributed by atoms with Gasteiger partial charge in [-0.05, 0) is 31.0 Å². The molecule has 1 heterocycles. The number of amides is 1. The van der Waals surface area contributed by atoms with Crippen LogP contribution in [0.1, 0.15) is 31.7 Å². The Labute approximate surface area is 163 Å². The number of fused-ring (bicyclic) bond motifs is 1. The van der Waals surface area contributed by atoms with Gasteiger partial charge in [-0.25, -0.2) is 4.79 Å². The van der Waals surface area contributed by atoms with E-state index in [-0.39, 0.29) is 30.5 Å². The topological polar surface area (TPSA) is 73.1 Å². The molecule has 2 aromatic carbocycles. The molecule has 1 amide bonds. The van der Waals surface area contributed by atoms with E-state index in [1.807, 2.05) is 18.2 Å². The Morgan fingerprint density at radius 1 is 0.964 bits per heavy atom. The SMILES string of the molecule is CC[C@H](CNC(=O)Cn1c(=O)n(CC)c(=O)c2ccccc21)c1ccccc1. The van der Waals surface area contributed by atoms with E-state index in [1.165, 1.54) is 10.1 Å². The zero-order valence-corrected chi connectivity index (χ0v) is 16.2. The van der Waals surface area contributed by atoms with Crippen LogP contribution in [0.4, 0.5) is 0 Å². The smallest absolute Gasteiger partial charge is 0.331 e. The summed E-state index contributed by atoms with van der Waals surface area (Å²) in [4.78, 5) is 37.8. The lowest BCUT2D eigenvalue weighted by Gasteiger charge is -2.17. The molecule has 0 aliphatic rings. The molecule has 1 aromatic heterocycles. The van der Waals surface area contributed by atoms with Gasteiger partial charge in [0, 0.05) is 19.0 Å². The van der Waals surface area contributed by atoms with Crippen LogP contribution in [0.25, 0.3) is 10.9 Å². The third-order valence-corrected chi connectivity index (χ3v) is 5.06. The van der Waals surface area contributed by atoms with Crippen molar-refractivity contribution in [3.05, 3.63) is 81.0 Å². The van der Waals surface area contributed by atoms with Gasteiger partial charge in [0.15, 0.2) is 0 Å². The summed E-state index contributed by atoms with van der Waals surface area (Å²) in [7, 11) is 0. The van der Waals surface area contributed by atoms with Crippen molar-refractivity contribution in [2.75, 3.05) is 6.54 Å². The summed E-state index contributed by atoms with van der Waals surface area (Å²) < 4.78 is 2.54.